The molecule has 0 bridgehead atoms. The zero-order valence-electron chi connectivity index (χ0n) is 17.0. The molecule has 5 heteroatoms. The number of benzene rings is 3. The lowest BCUT2D eigenvalue weighted by atomic mass is 10.0. The number of nitrogens with zero attached hydrogens (tertiary/aromatic N) is 4. The van der Waals surface area contributed by atoms with Crippen LogP contribution < -0.4 is 9.80 Å². The molecule has 1 N–H and O–H groups in total. The number of piperazine rings is 1. The van der Waals surface area contributed by atoms with Gasteiger partial charge in [0.15, 0.2) is 5.82 Å². The van der Waals surface area contributed by atoms with Gasteiger partial charge in [-0.25, -0.2) is 0 Å². The molecule has 1 aromatic heterocycles. The minimum Gasteiger partial charge on any atom is -0.508 e. The first-order valence-corrected chi connectivity index (χ1v) is 10.3. The molecule has 0 atom stereocenters. The lowest BCUT2D eigenvalue weighted by molar-refractivity contribution is 0.475. The van der Waals surface area contributed by atoms with Gasteiger partial charge in [0.2, 0.25) is 0 Å². The highest BCUT2D eigenvalue weighted by molar-refractivity contribution is 6.00. The number of phenols is 1. The molecule has 0 unspecified atom stereocenters. The zero-order valence-corrected chi connectivity index (χ0v) is 17.0. The molecule has 30 heavy (non-hydrogen) atoms. The van der Waals surface area contributed by atoms with Crippen LogP contribution in [0.15, 0.2) is 72.8 Å². The molecule has 5 nitrogen and oxygen atoms in total. The molecular weight excluding hydrogens is 372 g/mol. The Labute approximate surface area is 176 Å². The van der Waals surface area contributed by atoms with Gasteiger partial charge in [-0.2, -0.15) is 0 Å². The van der Waals surface area contributed by atoms with Crippen molar-refractivity contribution in [2.45, 2.75) is 6.92 Å². The molecule has 3 aromatic carbocycles. The summed E-state index contributed by atoms with van der Waals surface area (Å²) in [5.74, 6) is 1.25. The summed E-state index contributed by atoms with van der Waals surface area (Å²) in [5.41, 5.74) is 4.39. The van der Waals surface area contributed by atoms with Crippen LogP contribution in [0.3, 0.4) is 0 Å². The van der Waals surface area contributed by atoms with E-state index in [1.165, 1.54) is 5.56 Å². The van der Waals surface area contributed by atoms with E-state index in [0.717, 1.165) is 59.7 Å². The maximum Gasteiger partial charge on any atom is 0.159 e. The van der Waals surface area contributed by atoms with Crippen LogP contribution in [-0.4, -0.2) is 41.5 Å². The Balaban J connectivity index is 1.44. The van der Waals surface area contributed by atoms with E-state index in [4.69, 9.17) is 0 Å². The van der Waals surface area contributed by atoms with Crippen molar-refractivity contribution in [3.63, 3.8) is 0 Å². The van der Waals surface area contributed by atoms with Crippen molar-refractivity contribution in [1.29, 1.82) is 0 Å². The van der Waals surface area contributed by atoms with Gasteiger partial charge in [0, 0.05) is 48.2 Å². The quantitative estimate of drug-likeness (QED) is 0.547. The molecule has 0 saturated carbocycles. The van der Waals surface area contributed by atoms with Crippen molar-refractivity contribution in [2.75, 3.05) is 36.0 Å². The SMILES string of the molecule is Cc1ccc(-c2nnc(N3CCN(c4ccc(O)cc4)CC3)c3ccccc23)cc1. The monoisotopic (exact) mass is 396 g/mol. The van der Waals surface area contributed by atoms with Crippen molar-refractivity contribution in [2.24, 2.45) is 0 Å². The number of hydrogen-bond donors (Lipinski definition) is 1. The second-order valence-electron chi connectivity index (χ2n) is 7.77. The number of rotatable bonds is 3. The molecule has 5 rings (SSSR count). The largest absolute Gasteiger partial charge is 0.508 e. The van der Waals surface area contributed by atoms with E-state index < -0.39 is 0 Å². The fraction of sp³-hybridized carbons (Fsp3) is 0.200. The number of anilines is 2. The predicted octanol–water partition coefficient (Wildman–Crippen LogP) is 4.64. The predicted molar refractivity (Wildman–Crippen MR) is 122 cm³/mol. The molecule has 0 radical (unpaired) electrons. The highest BCUT2D eigenvalue weighted by Gasteiger charge is 2.21. The summed E-state index contributed by atoms with van der Waals surface area (Å²) in [6.45, 7) is 5.66. The van der Waals surface area contributed by atoms with E-state index in [-0.39, 0.29) is 0 Å². The minimum absolute atomic E-state index is 0.299. The first kappa shape index (κ1) is 18.4. The number of hydrogen-bond acceptors (Lipinski definition) is 5. The Morgan fingerprint density at radius 1 is 0.700 bits per heavy atom. The maximum atomic E-state index is 9.52. The third kappa shape index (κ3) is 3.43. The number of aromatic hydroxyl groups is 1. The third-order valence-electron chi connectivity index (χ3n) is 5.79. The van der Waals surface area contributed by atoms with E-state index in [9.17, 15) is 5.11 Å². The lowest BCUT2D eigenvalue weighted by Gasteiger charge is -2.37. The van der Waals surface area contributed by atoms with E-state index in [2.05, 4.69) is 75.5 Å². The van der Waals surface area contributed by atoms with E-state index in [1.54, 1.807) is 12.1 Å². The molecule has 1 aliphatic rings. The van der Waals surface area contributed by atoms with Crippen LogP contribution in [0.25, 0.3) is 22.0 Å². The Bertz CT molecular complexity index is 1160. The van der Waals surface area contributed by atoms with E-state index in [0.29, 0.717) is 5.75 Å². The third-order valence-corrected chi connectivity index (χ3v) is 5.79. The normalized spacial score (nSPS) is 14.3. The number of fused-ring (bicyclic) bond motifs is 1. The summed E-state index contributed by atoms with van der Waals surface area (Å²) in [7, 11) is 0. The smallest absolute Gasteiger partial charge is 0.159 e. The molecule has 0 spiro atoms. The van der Waals surface area contributed by atoms with Gasteiger partial charge in [-0.3, -0.25) is 0 Å². The van der Waals surface area contributed by atoms with Gasteiger partial charge in [-0.15, -0.1) is 10.2 Å². The van der Waals surface area contributed by atoms with E-state index in [1.807, 2.05) is 12.1 Å². The van der Waals surface area contributed by atoms with Gasteiger partial charge in [-0.05, 0) is 31.2 Å². The van der Waals surface area contributed by atoms with Crippen LogP contribution in [0.2, 0.25) is 0 Å². The zero-order chi connectivity index (χ0) is 20.5. The Morgan fingerprint density at radius 2 is 1.33 bits per heavy atom. The molecule has 1 fully saturated rings. The summed E-state index contributed by atoms with van der Waals surface area (Å²) in [4.78, 5) is 4.66. The first-order chi connectivity index (χ1) is 14.7. The average Bonchev–Trinajstić information content (AvgIpc) is 2.80. The van der Waals surface area contributed by atoms with Crippen molar-refractivity contribution >= 4 is 22.3 Å². The summed E-state index contributed by atoms with van der Waals surface area (Å²) >= 11 is 0. The highest BCUT2D eigenvalue weighted by atomic mass is 16.3. The summed E-state index contributed by atoms with van der Waals surface area (Å²) in [5, 5.41) is 21.1. The van der Waals surface area contributed by atoms with Crippen LogP contribution in [0.5, 0.6) is 5.75 Å². The number of aryl methyl sites for hydroxylation is 1. The van der Waals surface area contributed by atoms with Gasteiger partial charge in [0.1, 0.15) is 11.4 Å². The molecule has 4 aromatic rings. The Hall–Kier alpha value is -3.60. The van der Waals surface area contributed by atoms with Crippen molar-refractivity contribution < 1.29 is 5.11 Å². The minimum atomic E-state index is 0.299. The van der Waals surface area contributed by atoms with Crippen molar-refractivity contribution in [1.82, 2.24) is 10.2 Å². The second-order valence-corrected chi connectivity index (χ2v) is 7.77. The molecule has 150 valence electrons. The molecule has 0 amide bonds. The van der Waals surface area contributed by atoms with Crippen LogP contribution in [-0.2, 0) is 0 Å². The average molecular weight is 396 g/mol. The van der Waals surface area contributed by atoms with Crippen LogP contribution in [0.4, 0.5) is 11.5 Å². The van der Waals surface area contributed by atoms with E-state index >= 15 is 0 Å². The number of aromatic nitrogens is 2. The van der Waals surface area contributed by atoms with Gasteiger partial charge in [0.25, 0.3) is 0 Å². The first-order valence-electron chi connectivity index (χ1n) is 10.3. The lowest BCUT2D eigenvalue weighted by Crippen LogP contribution is -2.47. The second kappa shape index (κ2) is 7.67. The molecular formula is C25H24N4O. The number of phenolic OH excluding ortho intramolecular Hbond substituents is 1. The summed E-state index contributed by atoms with van der Waals surface area (Å²) < 4.78 is 0. The van der Waals surface area contributed by atoms with Gasteiger partial charge in [-0.1, -0.05) is 54.1 Å². The Kier molecular flexibility index (Phi) is 4.71. The highest BCUT2D eigenvalue weighted by Crippen LogP contribution is 2.32. The van der Waals surface area contributed by atoms with Crippen LogP contribution in [0.1, 0.15) is 5.56 Å². The molecule has 2 heterocycles. The molecule has 1 aliphatic heterocycles. The van der Waals surface area contributed by atoms with Crippen molar-refractivity contribution in [3.05, 3.63) is 78.4 Å². The van der Waals surface area contributed by atoms with Crippen molar-refractivity contribution in [3.8, 4) is 17.0 Å². The van der Waals surface area contributed by atoms with Crippen LogP contribution in [0, 0.1) is 6.92 Å². The van der Waals surface area contributed by atoms with Gasteiger partial charge >= 0.3 is 0 Å². The molecule has 0 aliphatic carbocycles. The van der Waals surface area contributed by atoms with Gasteiger partial charge in [0.05, 0.1) is 0 Å². The fourth-order valence-corrected chi connectivity index (χ4v) is 4.09. The summed E-state index contributed by atoms with van der Waals surface area (Å²) in [6.07, 6.45) is 0. The standard InChI is InChI=1S/C25H24N4O/c1-18-6-8-19(9-7-18)24-22-4-2-3-5-23(22)25(27-26-24)29-16-14-28(15-17-29)20-10-12-21(30)13-11-20/h2-13,30H,14-17H2,1H3. The van der Waals surface area contributed by atoms with Gasteiger partial charge < -0.3 is 14.9 Å². The topological polar surface area (TPSA) is 52.5 Å². The molecule has 1 saturated heterocycles. The fourth-order valence-electron chi connectivity index (χ4n) is 4.09. The summed E-state index contributed by atoms with van der Waals surface area (Å²) in [6, 6.07) is 24.3. The Morgan fingerprint density at radius 3 is 2.03 bits per heavy atom. The van der Waals surface area contributed by atoms with Crippen LogP contribution >= 0.6 is 0 Å². The maximum absolute atomic E-state index is 9.52.